The molecule has 0 radical (unpaired) electrons. The van der Waals surface area contributed by atoms with E-state index in [0.29, 0.717) is 31.1 Å². The molecule has 9 heteroatoms. The molecule has 1 aromatic rings. The monoisotopic (exact) mass is 407 g/mol. The van der Waals surface area contributed by atoms with Crippen LogP contribution >= 0.6 is 0 Å². The Kier molecular flexibility index (Phi) is 5.03. The molecule has 0 saturated carbocycles. The molecule has 4 rings (SSSR count). The van der Waals surface area contributed by atoms with Gasteiger partial charge >= 0.3 is 0 Å². The molecule has 0 aliphatic carbocycles. The van der Waals surface area contributed by atoms with Crippen LogP contribution < -0.4 is 0 Å². The van der Waals surface area contributed by atoms with E-state index in [0.717, 1.165) is 12.8 Å². The van der Waals surface area contributed by atoms with Crippen LogP contribution in [0.5, 0.6) is 5.75 Å². The second kappa shape index (κ2) is 7.35. The van der Waals surface area contributed by atoms with Crippen LogP contribution in [0, 0.1) is 11.8 Å². The van der Waals surface area contributed by atoms with Gasteiger partial charge in [0.2, 0.25) is 11.8 Å². The summed E-state index contributed by atoms with van der Waals surface area (Å²) in [5, 5.41) is 9.53. The quantitative estimate of drug-likeness (QED) is 0.765. The maximum atomic E-state index is 12.8. The largest absolute Gasteiger partial charge is 0.506 e. The number of aromatic hydroxyl groups is 1. The maximum absolute atomic E-state index is 12.8. The number of likely N-dealkylation sites (tertiary alicyclic amines) is 2. The molecule has 1 aromatic heterocycles. The number of aromatic nitrogens is 1. The van der Waals surface area contributed by atoms with Crippen molar-refractivity contribution in [2.45, 2.75) is 31.7 Å². The van der Waals surface area contributed by atoms with Crippen LogP contribution in [0.15, 0.2) is 18.5 Å². The SMILES string of the molecule is O=C(CC1CS(=O)(=O)C1)N1CC[C@H]2CCN(C(=O)Cc3cncc(O)c3)[C@H]2C1. The first kappa shape index (κ1) is 19.2. The van der Waals surface area contributed by atoms with Gasteiger partial charge in [0.15, 0.2) is 9.84 Å². The number of fused-ring (bicyclic) bond motifs is 1. The molecular formula is C19H25N3O5S. The van der Waals surface area contributed by atoms with Gasteiger partial charge in [-0.15, -0.1) is 0 Å². The van der Waals surface area contributed by atoms with E-state index in [-0.39, 0.29) is 53.9 Å². The molecule has 2 atom stereocenters. The molecule has 4 heterocycles. The molecular weight excluding hydrogens is 382 g/mol. The molecule has 8 nitrogen and oxygen atoms in total. The van der Waals surface area contributed by atoms with Gasteiger partial charge in [0.05, 0.1) is 30.2 Å². The van der Waals surface area contributed by atoms with Crippen LogP contribution in [0.2, 0.25) is 0 Å². The third-order valence-electron chi connectivity index (χ3n) is 6.11. The highest BCUT2D eigenvalue weighted by Gasteiger charge is 2.42. The third-order valence-corrected chi connectivity index (χ3v) is 8.07. The molecule has 2 amide bonds. The number of carbonyl (C=O) groups is 2. The van der Waals surface area contributed by atoms with E-state index in [1.807, 2.05) is 4.90 Å². The number of hydrogen-bond donors (Lipinski definition) is 1. The van der Waals surface area contributed by atoms with E-state index < -0.39 is 9.84 Å². The lowest BCUT2D eigenvalue weighted by molar-refractivity contribution is -0.139. The normalized spacial score (nSPS) is 26.6. The van der Waals surface area contributed by atoms with Crippen LogP contribution in [-0.4, -0.2) is 77.3 Å². The van der Waals surface area contributed by atoms with Crippen molar-refractivity contribution < 1.29 is 23.1 Å². The van der Waals surface area contributed by atoms with Gasteiger partial charge < -0.3 is 14.9 Å². The Balaban J connectivity index is 1.36. The fourth-order valence-corrected chi connectivity index (χ4v) is 6.26. The number of nitrogens with zero attached hydrogens (tertiary/aromatic N) is 3. The number of sulfone groups is 1. The standard InChI is InChI=1S/C19H25N3O5S/c23-16-5-13(8-20-9-16)6-19(25)22-4-2-15-1-3-21(10-17(15)22)18(24)7-14-11-28(26,27)12-14/h5,8-9,14-15,17,23H,1-4,6-7,10-12H2/t15-,17-/m0/s1. The van der Waals surface area contributed by atoms with Crippen molar-refractivity contribution >= 4 is 21.7 Å². The van der Waals surface area contributed by atoms with Crippen LogP contribution in [0.3, 0.4) is 0 Å². The van der Waals surface area contributed by atoms with Crippen LogP contribution in [0.25, 0.3) is 0 Å². The highest BCUT2D eigenvalue weighted by molar-refractivity contribution is 7.92. The topological polar surface area (TPSA) is 108 Å². The molecule has 0 spiro atoms. The van der Waals surface area contributed by atoms with E-state index >= 15 is 0 Å². The highest BCUT2D eigenvalue weighted by atomic mass is 32.2. The minimum absolute atomic E-state index is 0.00479. The van der Waals surface area contributed by atoms with Gasteiger partial charge in [-0.1, -0.05) is 0 Å². The summed E-state index contributed by atoms with van der Waals surface area (Å²) >= 11 is 0. The predicted molar refractivity (Wildman–Crippen MR) is 101 cm³/mol. The van der Waals surface area contributed by atoms with E-state index in [9.17, 15) is 23.1 Å². The Morgan fingerprint density at radius 3 is 2.61 bits per heavy atom. The average molecular weight is 407 g/mol. The van der Waals surface area contributed by atoms with Crippen LogP contribution in [0.4, 0.5) is 0 Å². The molecule has 0 aromatic carbocycles. The number of hydrogen-bond acceptors (Lipinski definition) is 6. The molecule has 0 bridgehead atoms. The summed E-state index contributed by atoms with van der Waals surface area (Å²) in [5.41, 5.74) is 0.670. The number of rotatable bonds is 4. The minimum Gasteiger partial charge on any atom is -0.506 e. The molecule has 3 saturated heterocycles. The smallest absolute Gasteiger partial charge is 0.227 e. The lowest BCUT2D eigenvalue weighted by atomic mass is 9.91. The minimum atomic E-state index is -2.92. The van der Waals surface area contributed by atoms with E-state index in [2.05, 4.69) is 4.98 Å². The molecule has 28 heavy (non-hydrogen) atoms. The lowest BCUT2D eigenvalue weighted by Gasteiger charge is -2.39. The zero-order chi connectivity index (χ0) is 19.9. The zero-order valence-corrected chi connectivity index (χ0v) is 16.5. The molecule has 3 fully saturated rings. The van der Waals surface area contributed by atoms with E-state index in [1.54, 1.807) is 17.2 Å². The molecule has 152 valence electrons. The molecule has 3 aliphatic heterocycles. The van der Waals surface area contributed by atoms with Gasteiger partial charge in [-0.3, -0.25) is 14.6 Å². The van der Waals surface area contributed by atoms with Crippen molar-refractivity contribution in [2.24, 2.45) is 11.8 Å². The highest BCUT2D eigenvalue weighted by Crippen LogP contribution is 2.33. The Morgan fingerprint density at radius 2 is 1.89 bits per heavy atom. The first-order valence-electron chi connectivity index (χ1n) is 9.71. The predicted octanol–water partition coefficient (Wildman–Crippen LogP) is 0.214. The van der Waals surface area contributed by atoms with Gasteiger partial charge in [0.1, 0.15) is 5.75 Å². The second-order valence-corrected chi connectivity index (χ2v) is 10.4. The van der Waals surface area contributed by atoms with Gasteiger partial charge in [-0.25, -0.2) is 8.42 Å². The second-order valence-electron chi connectivity index (χ2n) is 8.21. The van der Waals surface area contributed by atoms with Crippen molar-refractivity contribution in [2.75, 3.05) is 31.1 Å². The van der Waals surface area contributed by atoms with Gasteiger partial charge in [-0.2, -0.15) is 0 Å². The zero-order valence-electron chi connectivity index (χ0n) is 15.7. The number of carbonyl (C=O) groups excluding carboxylic acids is 2. The first-order valence-corrected chi connectivity index (χ1v) is 11.5. The number of pyridine rings is 1. The van der Waals surface area contributed by atoms with Crippen molar-refractivity contribution in [1.82, 2.24) is 14.8 Å². The fraction of sp³-hybridized carbons (Fsp3) is 0.632. The summed E-state index contributed by atoms with van der Waals surface area (Å²) in [6.45, 7) is 1.88. The Morgan fingerprint density at radius 1 is 1.14 bits per heavy atom. The third kappa shape index (κ3) is 3.99. The molecule has 1 N–H and O–H groups in total. The van der Waals surface area contributed by atoms with Gasteiger partial charge in [0, 0.05) is 32.3 Å². The molecule has 0 unspecified atom stereocenters. The first-order chi connectivity index (χ1) is 13.3. The summed E-state index contributed by atoms with van der Waals surface area (Å²) in [7, 11) is -2.92. The van der Waals surface area contributed by atoms with Crippen LogP contribution in [-0.2, 0) is 25.8 Å². The molecule has 3 aliphatic rings. The summed E-state index contributed by atoms with van der Waals surface area (Å²) < 4.78 is 22.6. The van der Waals surface area contributed by atoms with E-state index in [4.69, 9.17) is 0 Å². The number of piperidine rings is 1. The van der Waals surface area contributed by atoms with Crippen molar-refractivity contribution in [3.05, 3.63) is 24.0 Å². The van der Waals surface area contributed by atoms with Gasteiger partial charge in [-0.05, 0) is 36.3 Å². The summed E-state index contributed by atoms with van der Waals surface area (Å²) in [4.78, 5) is 33.0. The average Bonchev–Trinajstić information content (AvgIpc) is 3.03. The Hall–Kier alpha value is -2.16. The van der Waals surface area contributed by atoms with Crippen molar-refractivity contribution in [1.29, 1.82) is 0 Å². The lowest BCUT2D eigenvalue weighted by Crippen LogP contribution is -2.52. The van der Waals surface area contributed by atoms with Crippen molar-refractivity contribution in [3.8, 4) is 5.75 Å². The summed E-state index contributed by atoms with van der Waals surface area (Å²) in [6.07, 6.45) is 5.18. The van der Waals surface area contributed by atoms with E-state index in [1.165, 1.54) is 6.20 Å². The van der Waals surface area contributed by atoms with Crippen LogP contribution in [0.1, 0.15) is 24.8 Å². The fourth-order valence-electron chi connectivity index (χ4n) is 4.69. The van der Waals surface area contributed by atoms with Crippen molar-refractivity contribution in [3.63, 3.8) is 0 Å². The Bertz CT molecular complexity index is 875. The Labute approximate surface area is 164 Å². The van der Waals surface area contributed by atoms with Gasteiger partial charge in [0.25, 0.3) is 0 Å². The maximum Gasteiger partial charge on any atom is 0.227 e. The summed E-state index contributed by atoms with van der Waals surface area (Å²) in [6, 6.07) is 1.56. The number of amides is 2. The summed E-state index contributed by atoms with van der Waals surface area (Å²) in [5.74, 6) is 0.586.